The molecule has 0 spiro atoms. The van der Waals surface area contributed by atoms with Gasteiger partial charge in [-0.2, -0.15) is 0 Å². The van der Waals surface area contributed by atoms with E-state index in [4.69, 9.17) is 9.47 Å². The molecule has 0 aromatic heterocycles. The van der Waals surface area contributed by atoms with Crippen molar-refractivity contribution < 1.29 is 23.9 Å². The molecule has 3 rings (SSSR count). The highest BCUT2D eigenvalue weighted by Crippen LogP contribution is 2.49. The van der Waals surface area contributed by atoms with Crippen LogP contribution in [0.5, 0.6) is 0 Å². The number of fused-ring (bicyclic) bond motifs is 2. The van der Waals surface area contributed by atoms with E-state index in [1.807, 2.05) is 6.92 Å². The molecule has 118 valence electrons. The van der Waals surface area contributed by atoms with Crippen molar-refractivity contribution in [1.29, 1.82) is 0 Å². The van der Waals surface area contributed by atoms with Crippen molar-refractivity contribution in [3.63, 3.8) is 0 Å². The van der Waals surface area contributed by atoms with Gasteiger partial charge in [-0.1, -0.05) is 19.1 Å². The van der Waals surface area contributed by atoms with E-state index in [-0.39, 0.29) is 23.7 Å². The van der Waals surface area contributed by atoms with Crippen LogP contribution < -0.4 is 0 Å². The van der Waals surface area contributed by atoms with E-state index in [0.29, 0.717) is 12.0 Å². The zero-order chi connectivity index (χ0) is 16.2. The number of allylic oxidation sites excluding steroid dienone is 2. The summed E-state index contributed by atoms with van der Waals surface area (Å²) in [5, 5.41) is 0. The van der Waals surface area contributed by atoms with Gasteiger partial charge in [-0.15, -0.1) is 0 Å². The molecule has 1 aliphatic heterocycles. The molecule has 0 bridgehead atoms. The van der Waals surface area contributed by atoms with Crippen molar-refractivity contribution in [3.05, 3.63) is 23.8 Å². The fraction of sp³-hybridized carbons (Fsp3) is 0.588. The first kappa shape index (κ1) is 15.0. The second kappa shape index (κ2) is 5.07. The fourth-order valence-corrected chi connectivity index (χ4v) is 4.37. The summed E-state index contributed by atoms with van der Waals surface area (Å²) in [6.45, 7) is 9.11. The van der Waals surface area contributed by atoms with Gasteiger partial charge in [-0.25, -0.2) is 4.79 Å². The van der Waals surface area contributed by atoms with Gasteiger partial charge in [0.1, 0.15) is 12.2 Å². The average Bonchev–Trinajstić information content (AvgIpc) is 2.80. The molecule has 6 atom stereocenters. The van der Waals surface area contributed by atoms with Crippen LogP contribution in [0, 0.1) is 23.7 Å². The Labute approximate surface area is 129 Å². The monoisotopic (exact) mass is 304 g/mol. The lowest BCUT2D eigenvalue weighted by Crippen LogP contribution is -2.41. The summed E-state index contributed by atoms with van der Waals surface area (Å²) in [6.07, 6.45) is 1.23. The van der Waals surface area contributed by atoms with E-state index in [9.17, 15) is 14.4 Å². The summed E-state index contributed by atoms with van der Waals surface area (Å²) in [5.41, 5.74) is 1.32. The van der Waals surface area contributed by atoms with Crippen LogP contribution in [0.2, 0.25) is 0 Å². The quantitative estimate of drug-likeness (QED) is 0.546. The second-order valence-corrected chi connectivity index (χ2v) is 6.62. The van der Waals surface area contributed by atoms with Gasteiger partial charge < -0.3 is 9.47 Å². The summed E-state index contributed by atoms with van der Waals surface area (Å²) in [7, 11) is 0. The van der Waals surface area contributed by atoms with E-state index in [1.165, 1.54) is 6.92 Å². The number of hydrogen-bond acceptors (Lipinski definition) is 5. The summed E-state index contributed by atoms with van der Waals surface area (Å²) in [5.74, 6) is -1.63. The summed E-state index contributed by atoms with van der Waals surface area (Å²) < 4.78 is 10.9. The maximum atomic E-state index is 12.5. The Kier molecular flexibility index (Phi) is 3.46. The summed E-state index contributed by atoms with van der Waals surface area (Å²) in [6, 6.07) is 0. The van der Waals surface area contributed by atoms with E-state index in [2.05, 4.69) is 13.5 Å². The molecule has 0 radical (unpaired) electrons. The van der Waals surface area contributed by atoms with E-state index in [1.54, 1.807) is 6.08 Å². The van der Waals surface area contributed by atoms with E-state index in [0.717, 1.165) is 5.57 Å². The minimum absolute atomic E-state index is 0.0222. The van der Waals surface area contributed by atoms with Crippen molar-refractivity contribution in [2.24, 2.45) is 23.7 Å². The number of carbonyl (C=O) groups excluding carboxylic acids is 3. The number of esters is 2. The van der Waals surface area contributed by atoms with Crippen LogP contribution in [0.3, 0.4) is 0 Å². The van der Waals surface area contributed by atoms with Gasteiger partial charge in [0, 0.05) is 12.5 Å². The first-order chi connectivity index (χ1) is 10.3. The first-order valence-electron chi connectivity index (χ1n) is 7.60. The normalized spacial score (nSPS) is 40.5. The Morgan fingerprint density at radius 2 is 2.00 bits per heavy atom. The Bertz CT molecular complexity index is 602. The van der Waals surface area contributed by atoms with Crippen molar-refractivity contribution in [1.82, 2.24) is 0 Å². The van der Waals surface area contributed by atoms with Gasteiger partial charge >= 0.3 is 11.9 Å². The molecular weight excluding hydrogens is 284 g/mol. The van der Waals surface area contributed by atoms with Gasteiger partial charge in [-0.3, -0.25) is 9.59 Å². The van der Waals surface area contributed by atoms with Gasteiger partial charge in [0.05, 0.1) is 11.8 Å². The Balaban J connectivity index is 2.06. The molecule has 0 aromatic rings. The van der Waals surface area contributed by atoms with Crippen LogP contribution >= 0.6 is 0 Å². The molecule has 1 heterocycles. The van der Waals surface area contributed by atoms with Crippen LogP contribution in [0.4, 0.5) is 0 Å². The van der Waals surface area contributed by atoms with Gasteiger partial charge in [0.25, 0.3) is 0 Å². The molecule has 1 saturated carbocycles. The molecular formula is C17H20O5. The third-order valence-corrected chi connectivity index (χ3v) is 5.16. The zero-order valence-electron chi connectivity index (χ0n) is 13.0. The van der Waals surface area contributed by atoms with Crippen LogP contribution in [0.15, 0.2) is 23.8 Å². The molecule has 0 aromatic carbocycles. The summed E-state index contributed by atoms with van der Waals surface area (Å²) >= 11 is 0. The number of ether oxygens (including phenoxy) is 2. The third-order valence-electron chi connectivity index (χ3n) is 5.16. The largest absolute Gasteiger partial charge is 0.461 e. The number of ketones is 1. The van der Waals surface area contributed by atoms with Gasteiger partial charge in [0.15, 0.2) is 5.78 Å². The SMILES string of the molecule is C=C1C(=O)O[C@H]2C[C@@H](C)[C@@H]3C(C)=CC(=O)[C@H]3[C@H](OC(C)=O)[C@H]12. The average molecular weight is 304 g/mol. The molecule has 5 heteroatoms. The van der Waals surface area contributed by atoms with Gasteiger partial charge in [-0.05, 0) is 31.3 Å². The molecule has 0 N–H and O–H groups in total. The minimum atomic E-state index is -0.683. The maximum absolute atomic E-state index is 12.5. The molecule has 5 nitrogen and oxygen atoms in total. The highest BCUT2D eigenvalue weighted by atomic mass is 16.6. The van der Waals surface area contributed by atoms with Crippen molar-refractivity contribution >= 4 is 17.7 Å². The number of hydrogen-bond donors (Lipinski definition) is 0. The number of rotatable bonds is 1. The van der Waals surface area contributed by atoms with Gasteiger partial charge in [0.2, 0.25) is 0 Å². The fourth-order valence-electron chi connectivity index (χ4n) is 4.37. The minimum Gasteiger partial charge on any atom is -0.461 e. The zero-order valence-corrected chi connectivity index (χ0v) is 13.0. The van der Waals surface area contributed by atoms with Crippen LogP contribution in [0.25, 0.3) is 0 Å². The van der Waals surface area contributed by atoms with Crippen molar-refractivity contribution in [2.75, 3.05) is 0 Å². The van der Waals surface area contributed by atoms with Crippen molar-refractivity contribution in [3.8, 4) is 0 Å². The predicted octanol–water partition coefficient (Wildman–Crippen LogP) is 1.82. The van der Waals surface area contributed by atoms with Crippen LogP contribution in [-0.2, 0) is 23.9 Å². The van der Waals surface area contributed by atoms with E-state index >= 15 is 0 Å². The number of carbonyl (C=O) groups is 3. The first-order valence-corrected chi connectivity index (χ1v) is 7.60. The highest BCUT2D eigenvalue weighted by Gasteiger charge is 2.56. The molecule has 1 saturated heterocycles. The Morgan fingerprint density at radius 3 is 2.64 bits per heavy atom. The van der Waals surface area contributed by atoms with Crippen molar-refractivity contribution in [2.45, 2.75) is 39.4 Å². The summed E-state index contributed by atoms with van der Waals surface area (Å²) in [4.78, 5) is 35.9. The Hall–Kier alpha value is -1.91. The predicted molar refractivity (Wildman–Crippen MR) is 77.6 cm³/mol. The molecule has 3 aliphatic rings. The smallest absolute Gasteiger partial charge is 0.334 e. The lowest BCUT2D eigenvalue weighted by atomic mass is 9.77. The van der Waals surface area contributed by atoms with Crippen LogP contribution in [0.1, 0.15) is 27.2 Å². The molecule has 2 aliphatic carbocycles. The standard InChI is InChI=1S/C17H20O5/c1-7-5-11(19)15-13(7)8(2)6-12-14(9(3)17(20)22-12)16(15)21-10(4)18/h5,8,12-16H,3,6H2,1-2,4H3/t8-,12+,13+,14-,15-,16-/m1/s1. The second-order valence-electron chi connectivity index (χ2n) is 6.62. The highest BCUT2D eigenvalue weighted by molar-refractivity contribution is 5.97. The maximum Gasteiger partial charge on any atom is 0.334 e. The molecule has 0 amide bonds. The molecule has 22 heavy (non-hydrogen) atoms. The van der Waals surface area contributed by atoms with Crippen LogP contribution in [-0.4, -0.2) is 29.9 Å². The Morgan fingerprint density at radius 1 is 1.32 bits per heavy atom. The van der Waals surface area contributed by atoms with E-state index < -0.39 is 29.9 Å². The third kappa shape index (κ3) is 2.11. The molecule has 2 fully saturated rings. The lowest BCUT2D eigenvalue weighted by molar-refractivity contribution is -0.154. The topological polar surface area (TPSA) is 69.7 Å². The lowest BCUT2D eigenvalue weighted by Gasteiger charge is -2.30. The molecule has 0 unspecified atom stereocenters.